The molecule has 0 spiro atoms. The Balaban J connectivity index is 1.95. The third-order valence-corrected chi connectivity index (χ3v) is 1.37. The first kappa shape index (κ1) is 4.32. The molecule has 0 bridgehead atoms. The molecule has 2 rings (SSSR count). The van der Waals surface area contributed by atoms with E-state index in [2.05, 4.69) is 15.3 Å². The highest BCUT2D eigenvalue weighted by Gasteiger charge is 2.34. The van der Waals surface area contributed by atoms with E-state index in [0.717, 1.165) is 6.17 Å². The zero-order valence-electron chi connectivity index (χ0n) is 4.42. The van der Waals surface area contributed by atoms with Crippen LogP contribution in [0.3, 0.4) is 0 Å². The number of hydroxylamine groups is 1. The van der Waals surface area contributed by atoms with Gasteiger partial charge in [-0.15, -0.1) is 5.48 Å². The molecule has 1 fully saturated rings. The smallest absolute Gasteiger partial charge is 0.198 e. The zero-order chi connectivity index (χ0) is 5.40. The van der Waals surface area contributed by atoms with E-state index in [1.54, 1.807) is 0 Å². The maximum absolute atomic E-state index is 4.68. The zero-order valence-corrected chi connectivity index (χ0v) is 4.42. The number of hydrogen-bond donors (Lipinski definition) is 1. The molecule has 1 aliphatic heterocycles. The first-order chi connectivity index (χ1) is 3.97. The number of hydrogen-bond acceptors (Lipinski definition) is 3. The highest BCUT2D eigenvalue weighted by Crippen LogP contribution is 2.38. The van der Waals surface area contributed by atoms with Crippen molar-refractivity contribution in [1.82, 2.24) is 5.48 Å². The van der Waals surface area contributed by atoms with Crippen molar-refractivity contribution in [2.75, 3.05) is 0 Å². The number of nitrogens with zero attached hydrogens (tertiary/aromatic N) is 1. The van der Waals surface area contributed by atoms with Gasteiger partial charge in [0.05, 0.1) is 0 Å². The molecule has 0 unspecified atom stereocenters. The number of nitrogens with one attached hydrogen (secondary N) is 1. The van der Waals surface area contributed by atoms with E-state index in [9.17, 15) is 0 Å². The minimum Gasteiger partial charge on any atom is -0.394 e. The van der Waals surface area contributed by atoms with Crippen LogP contribution in [0.2, 0.25) is 0 Å². The highest BCUT2D eigenvalue weighted by molar-refractivity contribution is 5.50. The predicted octanol–water partition coefficient (Wildman–Crippen LogP) is 0.449. The fraction of sp³-hybridized carbons (Fsp3) is 0.600. The SMILES string of the molecule is C1=N[C](C2CC2)NO1. The molecule has 43 valence electrons. The molecule has 0 aromatic heterocycles. The van der Waals surface area contributed by atoms with Crippen LogP contribution in [-0.2, 0) is 4.84 Å². The molecule has 3 nitrogen and oxygen atoms in total. The number of rotatable bonds is 1. The third-order valence-electron chi connectivity index (χ3n) is 1.37. The third kappa shape index (κ3) is 0.591. The molecule has 1 radical (unpaired) electrons. The summed E-state index contributed by atoms with van der Waals surface area (Å²) in [7, 11) is 0. The maximum Gasteiger partial charge on any atom is 0.198 e. The van der Waals surface area contributed by atoms with Crippen LogP contribution in [0.4, 0.5) is 0 Å². The Bertz CT molecular complexity index is 120. The second kappa shape index (κ2) is 1.45. The lowest BCUT2D eigenvalue weighted by molar-refractivity contribution is 0.218. The van der Waals surface area contributed by atoms with Gasteiger partial charge in [-0.1, -0.05) is 0 Å². The molecule has 1 aliphatic carbocycles. The van der Waals surface area contributed by atoms with E-state index >= 15 is 0 Å². The topological polar surface area (TPSA) is 33.6 Å². The van der Waals surface area contributed by atoms with Crippen molar-refractivity contribution in [3.05, 3.63) is 6.17 Å². The van der Waals surface area contributed by atoms with Crippen molar-refractivity contribution in [3.8, 4) is 0 Å². The Morgan fingerprint density at radius 1 is 1.75 bits per heavy atom. The van der Waals surface area contributed by atoms with Crippen molar-refractivity contribution in [1.29, 1.82) is 0 Å². The van der Waals surface area contributed by atoms with E-state index in [1.165, 1.54) is 19.2 Å². The Hall–Kier alpha value is -0.570. The molecular weight excluding hydrogens is 104 g/mol. The average molecular weight is 111 g/mol. The Morgan fingerprint density at radius 3 is 3.12 bits per heavy atom. The van der Waals surface area contributed by atoms with Gasteiger partial charge in [0.1, 0.15) is 0 Å². The first-order valence-corrected chi connectivity index (χ1v) is 2.78. The lowest BCUT2D eigenvalue weighted by Crippen LogP contribution is -2.13. The van der Waals surface area contributed by atoms with Gasteiger partial charge < -0.3 is 4.84 Å². The number of aliphatic imine (C=N–C) groups is 1. The molecule has 8 heavy (non-hydrogen) atoms. The normalized spacial score (nSPS) is 28.5. The van der Waals surface area contributed by atoms with Crippen LogP contribution in [0.25, 0.3) is 0 Å². The van der Waals surface area contributed by atoms with Crippen molar-refractivity contribution >= 4 is 6.40 Å². The van der Waals surface area contributed by atoms with Crippen LogP contribution in [0.15, 0.2) is 4.99 Å². The molecular formula is C5H7N2O. The van der Waals surface area contributed by atoms with Crippen LogP contribution in [0.1, 0.15) is 12.8 Å². The van der Waals surface area contributed by atoms with Crippen molar-refractivity contribution in [2.45, 2.75) is 12.8 Å². The maximum atomic E-state index is 4.68. The standard InChI is InChI=1S/C5H7N2O/c1-2-4(1)5-6-3-8-7-5/h3-4,7H,1-2H2. The molecule has 1 heterocycles. The van der Waals surface area contributed by atoms with Crippen molar-refractivity contribution in [2.24, 2.45) is 10.9 Å². The van der Waals surface area contributed by atoms with Crippen LogP contribution in [0, 0.1) is 12.1 Å². The summed E-state index contributed by atoms with van der Waals surface area (Å²) < 4.78 is 0. The van der Waals surface area contributed by atoms with Crippen molar-refractivity contribution < 1.29 is 4.84 Å². The van der Waals surface area contributed by atoms with Gasteiger partial charge in [-0.05, 0) is 12.8 Å². The monoisotopic (exact) mass is 111 g/mol. The molecule has 0 amide bonds. The van der Waals surface area contributed by atoms with Gasteiger partial charge in [0.2, 0.25) is 0 Å². The predicted molar refractivity (Wildman–Crippen MR) is 28.7 cm³/mol. The second-order valence-corrected chi connectivity index (χ2v) is 2.11. The summed E-state index contributed by atoms with van der Waals surface area (Å²) in [5.41, 5.74) is 2.71. The Kier molecular flexibility index (Phi) is 0.784. The van der Waals surface area contributed by atoms with Crippen LogP contribution >= 0.6 is 0 Å². The molecule has 0 aromatic carbocycles. The van der Waals surface area contributed by atoms with Gasteiger partial charge >= 0.3 is 0 Å². The van der Waals surface area contributed by atoms with Gasteiger partial charge in [-0.2, -0.15) is 0 Å². The van der Waals surface area contributed by atoms with Crippen molar-refractivity contribution in [3.63, 3.8) is 0 Å². The highest BCUT2D eigenvalue weighted by atomic mass is 16.7. The fourth-order valence-electron chi connectivity index (χ4n) is 0.742. The molecule has 1 saturated carbocycles. The summed E-state index contributed by atoms with van der Waals surface area (Å²) in [4.78, 5) is 8.64. The summed E-state index contributed by atoms with van der Waals surface area (Å²) >= 11 is 0. The van der Waals surface area contributed by atoms with E-state index in [-0.39, 0.29) is 0 Å². The van der Waals surface area contributed by atoms with Gasteiger partial charge in [0.15, 0.2) is 12.6 Å². The average Bonchev–Trinajstić information content (AvgIpc) is 2.49. The summed E-state index contributed by atoms with van der Waals surface area (Å²) in [6.07, 6.45) is 4.98. The Labute approximate surface area is 47.7 Å². The quantitative estimate of drug-likeness (QED) is 0.533. The molecule has 1 N–H and O–H groups in total. The van der Waals surface area contributed by atoms with E-state index in [1.807, 2.05) is 0 Å². The minimum absolute atomic E-state index is 0.675. The summed E-state index contributed by atoms with van der Waals surface area (Å²) in [6.45, 7) is 0. The minimum atomic E-state index is 0.675. The molecule has 0 atom stereocenters. The van der Waals surface area contributed by atoms with Gasteiger partial charge in [-0.3, -0.25) is 0 Å². The molecule has 2 aliphatic rings. The van der Waals surface area contributed by atoms with Gasteiger partial charge in [0.25, 0.3) is 0 Å². The summed E-state index contributed by atoms with van der Waals surface area (Å²) in [5, 5.41) is 0. The first-order valence-electron chi connectivity index (χ1n) is 2.78. The van der Waals surface area contributed by atoms with Gasteiger partial charge in [0, 0.05) is 5.92 Å². The van der Waals surface area contributed by atoms with Crippen LogP contribution in [0.5, 0.6) is 0 Å². The lowest BCUT2D eigenvalue weighted by atomic mass is 10.3. The molecule has 0 saturated heterocycles. The largest absolute Gasteiger partial charge is 0.394 e. The molecule has 0 aromatic rings. The van der Waals surface area contributed by atoms with Crippen LogP contribution < -0.4 is 5.48 Å². The second-order valence-electron chi connectivity index (χ2n) is 2.11. The van der Waals surface area contributed by atoms with Crippen LogP contribution in [-0.4, -0.2) is 6.40 Å². The van der Waals surface area contributed by atoms with E-state index < -0.39 is 0 Å². The molecule has 3 heteroatoms. The lowest BCUT2D eigenvalue weighted by Gasteiger charge is -1.98. The van der Waals surface area contributed by atoms with Gasteiger partial charge in [-0.25, -0.2) is 4.99 Å². The van der Waals surface area contributed by atoms with E-state index in [0.29, 0.717) is 5.92 Å². The fourth-order valence-corrected chi connectivity index (χ4v) is 0.742. The summed E-state index contributed by atoms with van der Waals surface area (Å²) in [5.74, 6) is 0.675. The Morgan fingerprint density at radius 2 is 2.62 bits per heavy atom. The summed E-state index contributed by atoms with van der Waals surface area (Å²) in [6, 6.07) is 0. The van der Waals surface area contributed by atoms with E-state index in [4.69, 9.17) is 0 Å².